The molecule has 0 aromatic heterocycles. The van der Waals surface area contributed by atoms with Crippen LogP contribution >= 0.6 is 0 Å². The van der Waals surface area contributed by atoms with Gasteiger partial charge in [-0.25, -0.2) is 13.6 Å². The average Bonchev–Trinajstić information content (AvgIpc) is 2.10. The lowest BCUT2D eigenvalue weighted by molar-refractivity contribution is -0.122. The highest BCUT2D eigenvalue weighted by Gasteiger charge is 2.32. The third-order valence-electron chi connectivity index (χ3n) is 3.66. The van der Waals surface area contributed by atoms with Crippen molar-refractivity contribution in [3.8, 4) is 0 Å². The molecule has 6 heteroatoms. The van der Waals surface area contributed by atoms with Crippen LogP contribution in [-0.2, 0) is 14.8 Å². The number of amides is 1. The van der Waals surface area contributed by atoms with Gasteiger partial charge in [0.2, 0.25) is 15.9 Å². The molecule has 0 saturated heterocycles. The lowest BCUT2D eigenvalue weighted by atomic mass is 9.67. The third kappa shape index (κ3) is 6.92. The lowest BCUT2D eigenvalue weighted by Crippen LogP contribution is -2.35. The third-order valence-corrected chi connectivity index (χ3v) is 4.43. The summed E-state index contributed by atoms with van der Waals surface area (Å²) in [5.74, 6) is 0.767. The topological polar surface area (TPSA) is 89.3 Å². The molecule has 0 aliphatic heterocycles. The number of hydrogen-bond acceptors (Lipinski definition) is 3. The number of rotatable bonds is 5. The molecule has 0 aromatic carbocycles. The molecule has 0 radical (unpaired) electrons. The van der Waals surface area contributed by atoms with Gasteiger partial charge in [0, 0.05) is 13.0 Å². The highest BCUT2D eigenvalue weighted by atomic mass is 32.2. The van der Waals surface area contributed by atoms with Gasteiger partial charge in [0.15, 0.2) is 0 Å². The molecule has 0 aromatic rings. The molecule has 19 heavy (non-hydrogen) atoms. The first-order valence-corrected chi connectivity index (χ1v) is 8.56. The zero-order valence-electron chi connectivity index (χ0n) is 12.1. The van der Waals surface area contributed by atoms with Gasteiger partial charge in [0.1, 0.15) is 0 Å². The molecule has 2 atom stereocenters. The molecule has 5 nitrogen and oxygen atoms in total. The van der Waals surface area contributed by atoms with Crippen LogP contribution in [0, 0.1) is 17.3 Å². The fraction of sp³-hybridized carbons (Fsp3) is 0.923. The van der Waals surface area contributed by atoms with Crippen LogP contribution in [0.1, 0.15) is 46.5 Å². The summed E-state index contributed by atoms with van der Waals surface area (Å²) in [6.45, 7) is 6.82. The van der Waals surface area contributed by atoms with Gasteiger partial charge in [-0.3, -0.25) is 4.79 Å². The summed E-state index contributed by atoms with van der Waals surface area (Å²) >= 11 is 0. The molecule has 0 heterocycles. The minimum atomic E-state index is -3.49. The average molecular weight is 290 g/mol. The molecule has 1 rings (SSSR count). The van der Waals surface area contributed by atoms with Crippen LogP contribution < -0.4 is 10.5 Å². The van der Waals surface area contributed by atoms with Gasteiger partial charge in [-0.2, -0.15) is 0 Å². The van der Waals surface area contributed by atoms with Crippen molar-refractivity contribution in [1.29, 1.82) is 0 Å². The van der Waals surface area contributed by atoms with E-state index in [4.69, 9.17) is 5.14 Å². The molecule has 2 unspecified atom stereocenters. The summed E-state index contributed by atoms with van der Waals surface area (Å²) in [4.78, 5) is 11.8. The Kier molecular flexibility index (Phi) is 5.38. The monoisotopic (exact) mass is 290 g/mol. The van der Waals surface area contributed by atoms with Crippen LogP contribution in [0.2, 0.25) is 0 Å². The van der Waals surface area contributed by atoms with Gasteiger partial charge in [-0.05, 0) is 36.5 Å². The largest absolute Gasteiger partial charge is 0.355 e. The number of sulfonamides is 1. The standard InChI is InChI=1S/C13H26N2O3S/c1-10-6-11(9-13(2,3)8-10)7-12(16)15-4-5-19(14,17)18/h10-11H,4-9H2,1-3H3,(H,15,16)(H2,14,17,18). The molecule has 0 spiro atoms. The zero-order chi connectivity index (χ0) is 14.7. The van der Waals surface area contributed by atoms with Gasteiger partial charge >= 0.3 is 0 Å². The fourth-order valence-corrected chi connectivity index (χ4v) is 3.75. The molecule has 112 valence electrons. The van der Waals surface area contributed by atoms with Crippen molar-refractivity contribution in [3.05, 3.63) is 0 Å². The van der Waals surface area contributed by atoms with Crippen LogP contribution in [0.3, 0.4) is 0 Å². The Hall–Kier alpha value is -0.620. The van der Waals surface area contributed by atoms with Gasteiger partial charge in [0.25, 0.3) is 0 Å². The Morgan fingerprint density at radius 2 is 2.00 bits per heavy atom. The normalized spacial score (nSPS) is 26.9. The van der Waals surface area contributed by atoms with Crippen molar-refractivity contribution in [3.63, 3.8) is 0 Å². The Bertz CT molecular complexity index is 418. The number of hydrogen-bond donors (Lipinski definition) is 2. The van der Waals surface area contributed by atoms with Gasteiger partial charge < -0.3 is 5.32 Å². The van der Waals surface area contributed by atoms with E-state index in [2.05, 4.69) is 26.1 Å². The van der Waals surface area contributed by atoms with E-state index in [1.54, 1.807) is 0 Å². The van der Waals surface area contributed by atoms with E-state index >= 15 is 0 Å². The molecule has 1 aliphatic rings. The molecule has 0 bridgehead atoms. The van der Waals surface area contributed by atoms with Gasteiger partial charge in [-0.1, -0.05) is 20.8 Å². The lowest BCUT2D eigenvalue weighted by Gasteiger charge is -2.38. The molecular formula is C13H26N2O3S. The van der Waals surface area contributed by atoms with E-state index in [9.17, 15) is 13.2 Å². The second-order valence-electron chi connectivity index (χ2n) is 6.70. The summed E-state index contributed by atoms with van der Waals surface area (Å²) < 4.78 is 21.5. The van der Waals surface area contributed by atoms with Crippen molar-refractivity contribution in [2.75, 3.05) is 12.3 Å². The fourth-order valence-electron chi connectivity index (χ4n) is 3.37. The second-order valence-corrected chi connectivity index (χ2v) is 8.43. The maximum atomic E-state index is 11.8. The van der Waals surface area contributed by atoms with E-state index in [1.807, 2.05) is 0 Å². The van der Waals surface area contributed by atoms with Gasteiger partial charge in [-0.15, -0.1) is 0 Å². The predicted octanol–water partition coefficient (Wildman–Crippen LogP) is 1.24. The second kappa shape index (κ2) is 6.22. The summed E-state index contributed by atoms with van der Waals surface area (Å²) in [5, 5.41) is 7.51. The van der Waals surface area contributed by atoms with Crippen molar-refractivity contribution < 1.29 is 13.2 Å². The van der Waals surface area contributed by atoms with Crippen molar-refractivity contribution in [1.82, 2.24) is 5.32 Å². The number of primary sulfonamides is 1. The number of carbonyl (C=O) groups excluding carboxylic acids is 1. The quantitative estimate of drug-likeness (QED) is 0.798. The Morgan fingerprint density at radius 3 is 2.53 bits per heavy atom. The smallest absolute Gasteiger partial charge is 0.220 e. The van der Waals surface area contributed by atoms with E-state index in [0.29, 0.717) is 23.7 Å². The Morgan fingerprint density at radius 1 is 1.37 bits per heavy atom. The van der Waals surface area contributed by atoms with Crippen molar-refractivity contribution >= 4 is 15.9 Å². The minimum absolute atomic E-state index is 0.0708. The van der Waals surface area contributed by atoms with Crippen molar-refractivity contribution in [2.24, 2.45) is 22.4 Å². The van der Waals surface area contributed by atoms with E-state index < -0.39 is 10.0 Å². The highest BCUT2D eigenvalue weighted by Crippen LogP contribution is 2.42. The van der Waals surface area contributed by atoms with Crippen LogP contribution in [0.5, 0.6) is 0 Å². The SMILES string of the molecule is CC1CC(CC(=O)NCCS(N)(=O)=O)CC(C)(C)C1. The van der Waals surface area contributed by atoms with E-state index in [1.165, 1.54) is 6.42 Å². The molecule has 1 amide bonds. The first-order chi connectivity index (χ1) is 8.57. The van der Waals surface area contributed by atoms with Crippen LogP contribution in [0.4, 0.5) is 0 Å². The van der Waals surface area contributed by atoms with Crippen LogP contribution in [0.15, 0.2) is 0 Å². The van der Waals surface area contributed by atoms with Crippen LogP contribution in [0.25, 0.3) is 0 Å². The Labute approximate surface area is 116 Å². The summed E-state index contributed by atoms with van der Waals surface area (Å²) in [7, 11) is -3.49. The zero-order valence-corrected chi connectivity index (χ0v) is 12.9. The summed E-state index contributed by atoms with van der Waals surface area (Å²) in [6.07, 6.45) is 3.82. The highest BCUT2D eigenvalue weighted by molar-refractivity contribution is 7.89. The summed E-state index contributed by atoms with van der Waals surface area (Å²) in [5.41, 5.74) is 0.295. The van der Waals surface area contributed by atoms with E-state index in [-0.39, 0.29) is 18.2 Å². The predicted molar refractivity (Wildman–Crippen MR) is 75.9 cm³/mol. The van der Waals surface area contributed by atoms with E-state index in [0.717, 1.165) is 12.8 Å². The molecule has 1 aliphatic carbocycles. The van der Waals surface area contributed by atoms with Gasteiger partial charge in [0.05, 0.1) is 5.75 Å². The molecule has 3 N–H and O–H groups in total. The summed E-state index contributed by atoms with van der Waals surface area (Å²) in [6, 6.07) is 0. The van der Waals surface area contributed by atoms with Crippen molar-refractivity contribution in [2.45, 2.75) is 46.5 Å². The number of nitrogens with one attached hydrogen (secondary N) is 1. The first-order valence-electron chi connectivity index (χ1n) is 6.84. The van der Waals surface area contributed by atoms with Crippen LogP contribution in [-0.4, -0.2) is 26.6 Å². The molecule has 1 saturated carbocycles. The minimum Gasteiger partial charge on any atom is -0.355 e. The maximum absolute atomic E-state index is 11.8. The molecule has 1 fully saturated rings. The Balaban J connectivity index is 2.36. The first kappa shape index (κ1) is 16.4. The molecular weight excluding hydrogens is 264 g/mol. The number of carbonyl (C=O) groups is 1. The number of nitrogens with two attached hydrogens (primary N) is 1. The maximum Gasteiger partial charge on any atom is 0.220 e.